The van der Waals surface area contributed by atoms with Crippen molar-refractivity contribution in [3.63, 3.8) is 0 Å². The molecule has 2 N–H and O–H groups in total. The van der Waals surface area contributed by atoms with Crippen molar-refractivity contribution in [2.24, 2.45) is 4.99 Å². The standard InChI is InChI=1S/C21H24N2OS2/c1-14(20-16-7-4-3-6-15(16)10-11-19(20)24)22-12-13-23-18-9-5-8-17(18)21(25)26-2/h3-4,6-7,10-11,23-24H,5,8-9,12-13H2,1-2H3. The van der Waals surface area contributed by atoms with Crippen molar-refractivity contribution in [1.82, 2.24) is 5.32 Å². The van der Waals surface area contributed by atoms with Gasteiger partial charge in [-0.2, -0.15) is 0 Å². The minimum atomic E-state index is 0.281. The minimum absolute atomic E-state index is 0.281. The summed E-state index contributed by atoms with van der Waals surface area (Å²) in [5, 5.41) is 16.0. The van der Waals surface area contributed by atoms with E-state index in [2.05, 4.69) is 16.4 Å². The molecule has 0 fully saturated rings. The van der Waals surface area contributed by atoms with Crippen LogP contribution in [0.1, 0.15) is 31.7 Å². The third-order valence-electron chi connectivity index (χ3n) is 4.72. The molecule has 0 aromatic heterocycles. The highest BCUT2D eigenvalue weighted by atomic mass is 32.2. The number of thioether (sulfide) groups is 1. The second-order valence-corrected chi connectivity index (χ2v) is 7.86. The smallest absolute Gasteiger partial charge is 0.125 e. The minimum Gasteiger partial charge on any atom is -0.507 e. The van der Waals surface area contributed by atoms with E-state index in [-0.39, 0.29) is 5.75 Å². The van der Waals surface area contributed by atoms with Crippen LogP contribution in [0.2, 0.25) is 0 Å². The number of phenolic OH excluding ortho intramolecular Hbond substituents is 1. The van der Waals surface area contributed by atoms with Crippen LogP contribution in [-0.2, 0) is 0 Å². The highest BCUT2D eigenvalue weighted by molar-refractivity contribution is 8.23. The third-order valence-corrected chi connectivity index (χ3v) is 6.08. The van der Waals surface area contributed by atoms with Gasteiger partial charge in [-0.25, -0.2) is 0 Å². The highest BCUT2D eigenvalue weighted by Crippen LogP contribution is 2.29. The third kappa shape index (κ3) is 4.10. The van der Waals surface area contributed by atoms with Crippen LogP contribution in [-0.4, -0.2) is 34.4 Å². The Kier molecular flexibility index (Phi) is 6.33. The average molecular weight is 385 g/mol. The second-order valence-electron chi connectivity index (χ2n) is 6.38. The normalized spacial score (nSPS) is 14.9. The molecular weight excluding hydrogens is 360 g/mol. The molecule has 0 atom stereocenters. The Balaban J connectivity index is 1.70. The van der Waals surface area contributed by atoms with Gasteiger partial charge in [-0.3, -0.25) is 4.99 Å². The molecule has 0 unspecified atom stereocenters. The van der Waals surface area contributed by atoms with Crippen LogP contribution < -0.4 is 5.32 Å². The lowest BCUT2D eigenvalue weighted by Crippen LogP contribution is -2.18. The van der Waals surface area contributed by atoms with Crippen molar-refractivity contribution >= 4 is 44.7 Å². The number of benzene rings is 2. The van der Waals surface area contributed by atoms with E-state index < -0.39 is 0 Å². The van der Waals surface area contributed by atoms with Gasteiger partial charge < -0.3 is 10.4 Å². The molecule has 1 aliphatic carbocycles. The molecule has 0 aliphatic heterocycles. The molecule has 0 bridgehead atoms. The number of hydrogen-bond donors (Lipinski definition) is 2. The van der Waals surface area contributed by atoms with Crippen LogP contribution in [0.4, 0.5) is 0 Å². The van der Waals surface area contributed by atoms with Gasteiger partial charge in [0.15, 0.2) is 0 Å². The molecule has 26 heavy (non-hydrogen) atoms. The lowest BCUT2D eigenvalue weighted by Gasteiger charge is -2.11. The van der Waals surface area contributed by atoms with Gasteiger partial charge in [0.05, 0.1) is 10.7 Å². The Morgan fingerprint density at radius 1 is 1.23 bits per heavy atom. The van der Waals surface area contributed by atoms with Crippen LogP contribution in [0.25, 0.3) is 10.8 Å². The molecule has 0 heterocycles. The quantitative estimate of drug-likeness (QED) is 0.414. The maximum atomic E-state index is 10.3. The molecule has 3 nitrogen and oxygen atoms in total. The fourth-order valence-corrected chi connectivity index (χ4v) is 4.13. The van der Waals surface area contributed by atoms with Gasteiger partial charge in [-0.05, 0) is 54.9 Å². The number of rotatable bonds is 6. The topological polar surface area (TPSA) is 44.6 Å². The maximum absolute atomic E-state index is 10.3. The first-order valence-corrected chi connectivity index (χ1v) is 10.5. The van der Waals surface area contributed by atoms with Gasteiger partial charge in [0.25, 0.3) is 0 Å². The van der Waals surface area contributed by atoms with Gasteiger partial charge in [0, 0.05) is 23.5 Å². The van der Waals surface area contributed by atoms with E-state index in [1.807, 2.05) is 37.4 Å². The van der Waals surface area contributed by atoms with Gasteiger partial charge in [-0.15, -0.1) is 11.8 Å². The SMILES string of the molecule is CSC(=S)C1=C(NCCN=C(C)c2c(O)ccc3ccccc23)CCC1. The van der Waals surface area contributed by atoms with Crippen LogP contribution in [0.5, 0.6) is 5.75 Å². The molecule has 0 saturated carbocycles. The van der Waals surface area contributed by atoms with Crippen LogP contribution >= 0.6 is 24.0 Å². The van der Waals surface area contributed by atoms with E-state index in [9.17, 15) is 5.11 Å². The zero-order valence-corrected chi connectivity index (χ0v) is 16.8. The zero-order chi connectivity index (χ0) is 18.5. The molecule has 2 aromatic rings. The van der Waals surface area contributed by atoms with Gasteiger partial charge in [0.2, 0.25) is 0 Å². The molecule has 3 rings (SSSR count). The fourth-order valence-electron chi connectivity index (χ4n) is 3.44. The average Bonchev–Trinajstić information content (AvgIpc) is 3.12. The Bertz CT molecular complexity index is 887. The molecule has 0 radical (unpaired) electrons. The van der Waals surface area contributed by atoms with Crippen molar-refractivity contribution in [2.45, 2.75) is 26.2 Å². The number of thiocarbonyl (C=S) groups is 1. The summed E-state index contributed by atoms with van der Waals surface area (Å²) in [6.45, 7) is 3.40. The van der Waals surface area contributed by atoms with Gasteiger partial charge in [0.1, 0.15) is 5.75 Å². The van der Waals surface area contributed by atoms with Crippen LogP contribution in [0.3, 0.4) is 0 Å². The monoisotopic (exact) mass is 384 g/mol. The van der Waals surface area contributed by atoms with Gasteiger partial charge >= 0.3 is 0 Å². The number of aromatic hydroxyl groups is 1. The first-order valence-electron chi connectivity index (χ1n) is 8.88. The van der Waals surface area contributed by atoms with Crippen molar-refractivity contribution in [3.05, 3.63) is 53.2 Å². The molecule has 0 saturated heterocycles. The molecule has 1 aliphatic rings. The molecule has 0 amide bonds. The van der Waals surface area contributed by atoms with E-state index in [1.165, 1.54) is 17.7 Å². The summed E-state index contributed by atoms with van der Waals surface area (Å²) in [4.78, 5) is 4.69. The number of nitrogens with one attached hydrogen (secondary N) is 1. The number of hydrogen-bond acceptors (Lipinski definition) is 5. The number of aliphatic imine (C=N–C) groups is 1. The molecule has 2 aromatic carbocycles. The van der Waals surface area contributed by atoms with E-state index in [1.54, 1.807) is 17.8 Å². The van der Waals surface area contributed by atoms with Crippen LogP contribution in [0.15, 0.2) is 52.7 Å². The van der Waals surface area contributed by atoms with E-state index in [0.29, 0.717) is 6.54 Å². The van der Waals surface area contributed by atoms with Crippen molar-refractivity contribution in [2.75, 3.05) is 19.3 Å². The Morgan fingerprint density at radius 2 is 2.04 bits per heavy atom. The molecule has 0 spiro atoms. The Morgan fingerprint density at radius 3 is 2.85 bits per heavy atom. The predicted molar refractivity (Wildman–Crippen MR) is 118 cm³/mol. The Labute approximate surface area is 164 Å². The lowest BCUT2D eigenvalue weighted by atomic mass is 10.0. The summed E-state index contributed by atoms with van der Waals surface area (Å²) in [5.41, 5.74) is 4.28. The molecule has 5 heteroatoms. The summed E-state index contributed by atoms with van der Waals surface area (Å²) in [6, 6.07) is 11.8. The molecule has 136 valence electrons. The summed E-state index contributed by atoms with van der Waals surface area (Å²) < 4.78 is 1.00. The maximum Gasteiger partial charge on any atom is 0.125 e. The van der Waals surface area contributed by atoms with Crippen LogP contribution in [0, 0.1) is 0 Å². The van der Waals surface area contributed by atoms with Crippen molar-refractivity contribution in [3.8, 4) is 5.75 Å². The number of fused-ring (bicyclic) bond motifs is 1. The first kappa shape index (κ1) is 18.9. The van der Waals surface area contributed by atoms with Crippen molar-refractivity contribution < 1.29 is 5.11 Å². The first-order chi connectivity index (χ1) is 12.6. The van der Waals surface area contributed by atoms with Gasteiger partial charge in [-0.1, -0.05) is 42.5 Å². The number of nitrogens with zero attached hydrogens (tertiary/aromatic N) is 1. The summed E-state index contributed by atoms with van der Waals surface area (Å²) >= 11 is 7.09. The summed E-state index contributed by atoms with van der Waals surface area (Å²) in [7, 11) is 0. The fraction of sp³-hybridized carbons (Fsp3) is 0.333. The highest BCUT2D eigenvalue weighted by Gasteiger charge is 2.17. The summed E-state index contributed by atoms with van der Waals surface area (Å²) in [5.74, 6) is 0.281. The Hall–Kier alpha value is -1.85. The lowest BCUT2D eigenvalue weighted by molar-refractivity contribution is 0.475. The largest absolute Gasteiger partial charge is 0.507 e. The zero-order valence-electron chi connectivity index (χ0n) is 15.2. The molecular formula is C21H24N2OS2. The van der Waals surface area contributed by atoms with Crippen molar-refractivity contribution in [1.29, 1.82) is 0 Å². The summed E-state index contributed by atoms with van der Waals surface area (Å²) in [6.07, 6.45) is 5.36. The van der Waals surface area contributed by atoms with E-state index >= 15 is 0 Å². The van der Waals surface area contributed by atoms with E-state index in [4.69, 9.17) is 12.2 Å². The van der Waals surface area contributed by atoms with E-state index in [0.717, 1.165) is 45.6 Å². The second kappa shape index (κ2) is 8.69. The number of allylic oxidation sites excluding steroid dienone is 1. The predicted octanol–water partition coefficient (Wildman–Crippen LogP) is 5.07. The number of phenols is 1.